The predicted octanol–water partition coefficient (Wildman–Crippen LogP) is 0.923. The van der Waals surface area contributed by atoms with Crippen LogP contribution in [0.4, 0.5) is 0 Å². The van der Waals surface area contributed by atoms with E-state index in [4.69, 9.17) is 15.6 Å². The first-order valence-electron chi connectivity index (χ1n) is 7.59. The van der Waals surface area contributed by atoms with Gasteiger partial charge in [-0.2, -0.15) is 0 Å². The Hall–Kier alpha value is -1.38. The van der Waals surface area contributed by atoms with E-state index in [-0.39, 0.29) is 15.4 Å². The summed E-state index contributed by atoms with van der Waals surface area (Å²) in [5.74, 6) is -1.81. The van der Waals surface area contributed by atoms with Gasteiger partial charge in [-0.1, -0.05) is 33.8 Å². The van der Waals surface area contributed by atoms with E-state index in [9.17, 15) is 14.4 Å². The highest BCUT2D eigenvalue weighted by atomic mass is 32.2. The first kappa shape index (κ1) is 20.7. The lowest BCUT2D eigenvalue weighted by Crippen LogP contribution is -2.63. The zero-order valence-electron chi connectivity index (χ0n) is 14.7. The fourth-order valence-corrected chi connectivity index (χ4v) is 5.44. The molecule has 1 fully saturated rings. The maximum atomic E-state index is 12.1. The number of carboxylic acids is 1. The maximum absolute atomic E-state index is 12.1. The molecule has 2 atom stereocenters. The number of nitrogens with one attached hydrogen (secondary N) is 1. The molecule has 0 spiro atoms. The molecule has 0 aromatic carbocycles. The topological polar surface area (TPSA) is 119 Å². The van der Waals surface area contributed by atoms with Crippen molar-refractivity contribution in [2.75, 3.05) is 7.11 Å². The number of ether oxygens (including phenoxy) is 1. The van der Waals surface area contributed by atoms with Crippen LogP contribution in [-0.2, 0) is 19.1 Å². The number of carbonyl (C=O) groups is 3. The van der Waals surface area contributed by atoms with Crippen LogP contribution in [0.3, 0.4) is 0 Å². The van der Waals surface area contributed by atoms with Crippen molar-refractivity contribution in [2.45, 2.75) is 55.3 Å². The number of nitrogens with two attached hydrogens (primary N) is 1. The Kier molecular flexibility index (Phi) is 6.24. The third-order valence-corrected chi connectivity index (χ3v) is 5.64. The van der Waals surface area contributed by atoms with Gasteiger partial charge in [0.2, 0.25) is 0 Å². The summed E-state index contributed by atoms with van der Waals surface area (Å²) in [6, 6.07) is -1.10. The monoisotopic (exact) mass is 358 g/mol. The lowest BCUT2D eigenvalue weighted by Gasteiger charge is -2.56. The Morgan fingerprint density at radius 1 is 1.38 bits per heavy atom. The zero-order chi connectivity index (χ0) is 18.8. The van der Waals surface area contributed by atoms with E-state index < -0.39 is 30.1 Å². The van der Waals surface area contributed by atoms with Gasteiger partial charge >= 0.3 is 11.9 Å². The van der Waals surface area contributed by atoms with Crippen LogP contribution in [0.15, 0.2) is 12.2 Å². The van der Waals surface area contributed by atoms with Gasteiger partial charge in [0.15, 0.2) is 5.66 Å². The number of aldehydes is 1. The Morgan fingerprint density at radius 3 is 2.29 bits per heavy atom. The molecule has 7 nitrogen and oxygen atoms in total. The van der Waals surface area contributed by atoms with Crippen molar-refractivity contribution in [2.24, 2.45) is 11.7 Å². The minimum absolute atomic E-state index is 0.0118. The number of carboxylic acid groups (broad SMARTS) is 1. The number of allylic oxidation sites excluding steroid dienone is 1. The minimum Gasteiger partial charge on any atom is -0.481 e. The molecular weight excluding hydrogens is 332 g/mol. The van der Waals surface area contributed by atoms with Crippen LogP contribution in [0.25, 0.3) is 0 Å². The normalized spacial score (nSPS) is 23.1. The van der Waals surface area contributed by atoms with Gasteiger partial charge in [0.1, 0.15) is 6.29 Å². The molecule has 0 aromatic rings. The number of hydrogen-bond acceptors (Lipinski definition) is 7. The van der Waals surface area contributed by atoms with E-state index in [1.165, 1.54) is 13.2 Å². The summed E-state index contributed by atoms with van der Waals surface area (Å²) in [5.41, 5.74) is 4.30. The second kappa shape index (κ2) is 7.25. The Labute approximate surface area is 146 Å². The second-order valence-electron chi connectivity index (χ2n) is 6.99. The van der Waals surface area contributed by atoms with E-state index in [0.29, 0.717) is 6.29 Å². The molecular formula is C16H26N2O5S. The molecule has 1 aliphatic rings. The number of esters is 1. The van der Waals surface area contributed by atoms with Crippen LogP contribution in [-0.4, -0.2) is 51.6 Å². The molecule has 0 saturated carbocycles. The van der Waals surface area contributed by atoms with Crippen molar-refractivity contribution in [1.29, 1.82) is 0 Å². The SMILES string of the molecule is COC(=O)C(N)(C=CC1C(C)(C)SC1(C)C)N[C@H](C=O)CC(=O)O. The average Bonchev–Trinajstić information content (AvgIpc) is 2.43. The lowest BCUT2D eigenvalue weighted by atomic mass is 9.81. The fraction of sp³-hybridized carbons (Fsp3) is 0.688. The van der Waals surface area contributed by atoms with E-state index in [2.05, 4.69) is 33.0 Å². The summed E-state index contributed by atoms with van der Waals surface area (Å²) in [5, 5.41) is 11.4. The number of methoxy groups -OCH3 is 1. The molecule has 0 radical (unpaired) electrons. The first-order chi connectivity index (χ1) is 10.9. The summed E-state index contributed by atoms with van der Waals surface area (Å²) in [4.78, 5) is 34.0. The Balaban J connectivity index is 3.03. The summed E-state index contributed by atoms with van der Waals surface area (Å²) in [6.45, 7) is 8.39. The molecule has 0 aromatic heterocycles. The van der Waals surface area contributed by atoms with Crippen molar-refractivity contribution in [3.63, 3.8) is 0 Å². The van der Waals surface area contributed by atoms with Crippen molar-refractivity contribution in [3.8, 4) is 0 Å². The molecule has 8 heteroatoms. The quantitative estimate of drug-likeness (QED) is 0.254. The zero-order valence-corrected chi connectivity index (χ0v) is 15.5. The van der Waals surface area contributed by atoms with Gasteiger partial charge in [-0.3, -0.25) is 10.1 Å². The molecule has 0 bridgehead atoms. The van der Waals surface area contributed by atoms with Crippen molar-refractivity contribution < 1.29 is 24.2 Å². The summed E-state index contributed by atoms with van der Waals surface area (Å²) in [7, 11) is 1.18. The smallest absolute Gasteiger partial charge is 0.345 e. The van der Waals surface area contributed by atoms with Crippen molar-refractivity contribution in [3.05, 3.63) is 12.2 Å². The van der Waals surface area contributed by atoms with E-state index in [0.717, 1.165) is 0 Å². The maximum Gasteiger partial charge on any atom is 0.345 e. The third-order valence-electron chi connectivity index (χ3n) is 4.08. The van der Waals surface area contributed by atoms with Crippen LogP contribution < -0.4 is 11.1 Å². The standard InChI is InChI=1S/C16H26N2O5S/c1-14(2)11(15(3,4)24-14)6-7-16(17,13(22)23-5)18-10(9-19)8-12(20)21/h6-7,9-11,18H,8,17H2,1-5H3,(H,20,21)/t10-,16?/m0/s1. The van der Waals surface area contributed by atoms with E-state index >= 15 is 0 Å². The number of thioether (sulfide) groups is 1. The van der Waals surface area contributed by atoms with Gasteiger partial charge in [0.25, 0.3) is 0 Å². The molecule has 0 amide bonds. The molecule has 24 heavy (non-hydrogen) atoms. The average molecular weight is 358 g/mol. The number of aliphatic carboxylic acids is 1. The molecule has 1 saturated heterocycles. The Bertz CT molecular complexity index is 533. The minimum atomic E-state index is -1.78. The summed E-state index contributed by atoms with van der Waals surface area (Å²) in [6.07, 6.45) is 3.23. The van der Waals surface area contributed by atoms with E-state index in [1.807, 2.05) is 17.8 Å². The summed E-state index contributed by atoms with van der Waals surface area (Å²) >= 11 is 1.83. The molecule has 1 rings (SSSR count). The van der Waals surface area contributed by atoms with Gasteiger partial charge in [-0.15, -0.1) is 11.8 Å². The van der Waals surface area contributed by atoms with Crippen LogP contribution in [0.1, 0.15) is 34.1 Å². The largest absolute Gasteiger partial charge is 0.481 e. The predicted molar refractivity (Wildman–Crippen MR) is 92.6 cm³/mol. The Morgan fingerprint density at radius 2 is 1.92 bits per heavy atom. The van der Waals surface area contributed by atoms with Gasteiger partial charge in [0, 0.05) is 15.4 Å². The molecule has 4 N–H and O–H groups in total. The van der Waals surface area contributed by atoms with Gasteiger partial charge in [0.05, 0.1) is 19.6 Å². The van der Waals surface area contributed by atoms with Crippen LogP contribution in [0, 0.1) is 5.92 Å². The third kappa shape index (κ3) is 4.58. The van der Waals surface area contributed by atoms with Gasteiger partial charge in [-0.25, -0.2) is 4.79 Å². The van der Waals surface area contributed by atoms with Crippen LogP contribution in [0.5, 0.6) is 0 Å². The number of hydrogen-bond donors (Lipinski definition) is 3. The molecule has 136 valence electrons. The van der Waals surface area contributed by atoms with Crippen molar-refractivity contribution in [1.82, 2.24) is 5.32 Å². The highest BCUT2D eigenvalue weighted by molar-refractivity contribution is 8.03. The molecule has 0 aliphatic carbocycles. The fourth-order valence-electron chi connectivity index (χ4n) is 3.27. The molecule has 1 unspecified atom stereocenters. The van der Waals surface area contributed by atoms with Gasteiger partial charge < -0.3 is 20.4 Å². The van der Waals surface area contributed by atoms with Gasteiger partial charge in [-0.05, 0) is 6.08 Å². The van der Waals surface area contributed by atoms with Crippen LogP contribution in [0.2, 0.25) is 0 Å². The summed E-state index contributed by atoms with van der Waals surface area (Å²) < 4.78 is 4.68. The number of carbonyl (C=O) groups excluding carboxylic acids is 2. The number of rotatable bonds is 8. The van der Waals surface area contributed by atoms with Crippen molar-refractivity contribution >= 4 is 30.0 Å². The lowest BCUT2D eigenvalue weighted by molar-refractivity contribution is -0.147. The molecule has 1 heterocycles. The highest BCUT2D eigenvalue weighted by Gasteiger charge is 2.52. The molecule has 1 aliphatic heterocycles. The first-order valence-corrected chi connectivity index (χ1v) is 8.41. The van der Waals surface area contributed by atoms with Crippen LogP contribution >= 0.6 is 11.8 Å². The second-order valence-corrected chi connectivity index (χ2v) is 9.30. The highest BCUT2D eigenvalue weighted by Crippen LogP contribution is 2.59. The van der Waals surface area contributed by atoms with E-state index in [1.54, 1.807) is 0 Å².